The molecule has 168 valence electrons. The second kappa shape index (κ2) is 9.15. The number of pyridine rings is 2. The number of rotatable bonds is 6. The summed E-state index contributed by atoms with van der Waals surface area (Å²) in [6.07, 6.45) is 6.92. The molecule has 0 spiro atoms. The number of hydrogen-bond donors (Lipinski definition) is 2. The Labute approximate surface area is 196 Å². The van der Waals surface area contributed by atoms with Crippen LogP contribution in [-0.2, 0) is 11.2 Å². The van der Waals surface area contributed by atoms with Gasteiger partial charge in [0.05, 0.1) is 18.3 Å². The number of anilines is 3. The Kier molecular flexibility index (Phi) is 5.74. The number of benzene rings is 2. The van der Waals surface area contributed by atoms with E-state index in [2.05, 4.69) is 20.3 Å². The van der Waals surface area contributed by atoms with E-state index in [-0.39, 0.29) is 12.3 Å². The minimum absolute atomic E-state index is 0.157. The lowest BCUT2D eigenvalue weighted by atomic mass is 10.0. The first-order valence-corrected chi connectivity index (χ1v) is 10.8. The van der Waals surface area contributed by atoms with Crippen LogP contribution in [0.25, 0.3) is 22.0 Å². The molecule has 0 atom stereocenters. The van der Waals surface area contributed by atoms with Gasteiger partial charge in [0.25, 0.3) is 0 Å². The number of aromatic nitrogens is 3. The van der Waals surface area contributed by atoms with Crippen molar-refractivity contribution < 1.29 is 9.18 Å². The van der Waals surface area contributed by atoms with E-state index in [1.807, 2.05) is 66.7 Å². The molecule has 0 unspecified atom stereocenters. The maximum Gasteiger partial charge on any atom is 0.228 e. The van der Waals surface area contributed by atoms with Gasteiger partial charge in [0.1, 0.15) is 0 Å². The smallest absolute Gasteiger partial charge is 0.228 e. The quantitative estimate of drug-likeness (QED) is 0.324. The van der Waals surface area contributed by atoms with Crippen LogP contribution >= 0.6 is 0 Å². The van der Waals surface area contributed by atoms with Crippen molar-refractivity contribution in [2.45, 2.75) is 6.42 Å². The van der Waals surface area contributed by atoms with Gasteiger partial charge in [-0.15, -0.1) is 0 Å². The normalized spacial score (nSPS) is 10.9. The van der Waals surface area contributed by atoms with Crippen LogP contribution in [0.15, 0.2) is 91.5 Å². The van der Waals surface area contributed by atoms with E-state index in [4.69, 9.17) is 0 Å². The van der Waals surface area contributed by atoms with E-state index >= 15 is 0 Å². The predicted octanol–water partition coefficient (Wildman–Crippen LogP) is 5.71. The Hall–Kier alpha value is -4.52. The van der Waals surface area contributed by atoms with Crippen LogP contribution in [0.4, 0.5) is 21.5 Å². The topological polar surface area (TPSA) is 73.9 Å². The standard InChI is InChI=1S/C27H22FN5O/c1-33(20-6-4-12-29-17-20)25-11-10-19(15-23(25)22-8-5-13-30-27(22)28)32-26(34)14-18-16-31-24-9-3-2-7-21(18)24/h2-13,15-17,31H,14H2,1H3,(H,32,34). The van der Waals surface area contributed by atoms with Crippen molar-refractivity contribution >= 4 is 33.9 Å². The lowest BCUT2D eigenvalue weighted by Crippen LogP contribution is -2.15. The minimum Gasteiger partial charge on any atom is -0.361 e. The maximum absolute atomic E-state index is 14.7. The molecule has 0 aliphatic heterocycles. The molecule has 0 saturated heterocycles. The zero-order valence-electron chi connectivity index (χ0n) is 18.5. The van der Waals surface area contributed by atoms with E-state index in [0.29, 0.717) is 16.8 Å². The lowest BCUT2D eigenvalue weighted by Gasteiger charge is -2.23. The Morgan fingerprint density at radius 2 is 1.88 bits per heavy atom. The summed E-state index contributed by atoms with van der Waals surface area (Å²) in [5.74, 6) is -0.735. The molecule has 5 aromatic rings. The van der Waals surface area contributed by atoms with Crippen LogP contribution in [0.5, 0.6) is 0 Å². The fourth-order valence-corrected chi connectivity index (χ4v) is 4.06. The number of nitrogens with one attached hydrogen (secondary N) is 2. The first-order valence-electron chi connectivity index (χ1n) is 10.8. The molecule has 0 fully saturated rings. The van der Waals surface area contributed by atoms with Crippen LogP contribution in [-0.4, -0.2) is 27.9 Å². The zero-order valence-corrected chi connectivity index (χ0v) is 18.5. The van der Waals surface area contributed by atoms with Crippen LogP contribution in [0.2, 0.25) is 0 Å². The third kappa shape index (κ3) is 4.23. The minimum atomic E-state index is -0.578. The summed E-state index contributed by atoms with van der Waals surface area (Å²) in [5.41, 5.74) is 5.05. The SMILES string of the molecule is CN(c1cccnc1)c1ccc(NC(=O)Cc2c[nH]c3ccccc23)cc1-c1cccnc1F. The molecular formula is C27H22FN5O. The monoisotopic (exact) mass is 451 g/mol. The van der Waals surface area contributed by atoms with Gasteiger partial charge in [-0.05, 0) is 54.1 Å². The lowest BCUT2D eigenvalue weighted by molar-refractivity contribution is -0.115. The van der Waals surface area contributed by atoms with Crippen molar-refractivity contribution in [1.29, 1.82) is 0 Å². The molecule has 1 amide bonds. The third-order valence-corrected chi connectivity index (χ3v) is 5.75. The van der Waals surface area contributed by atoms with Gasteiger partial charge < -0.3 is 15.2 Å². The van der Waals surface area contributed by atoms with Gasteiger partial charge in [0.15, 0.2) is 0 Å². The molecule has 3 aromatic heterocycles. The Morgan fingerprint density at radius 1 is 1.03 bits per heavy atom. The highest BCUT2D eigenvalue weighted by atomic mass is 19.1. The molecule has 34 heavy (non-hydrogen) atoms. The predicted molar refractivity (Wildman–Crippen MR) is 133 cm³/mol. The van der Waals surface area contributed by atoms with Gasteiger partial charge in [0.2, 0.25) is 11.9 Å². The molecule has 5 rings (SSSR count). The fraction of sp³-hybridized carbons (Fsp3) is 0.0741. The van der Waals surface area contributed by atoms with Crippen molar-refractivity contribution in [3.8, 4) is 11.1 Å². The van der Waals surface area contributed by atoms with E-state index in [1.54, 1.807) is 30.6 Å². The molecular weight excluding hydrogens is 429 g/mol. The summed E-state index contributed by atoms with van der Waals surface area (Å²) in [4.78, 5) is 25.9. The van der Waals surface area contributed by atoms with Gasteiger partial charge in [-0.3, -0.25) is 9.78 Å². The Balaban J connectivity index is 1.47. The number of carbonyl (C=O) groups excluding carboxylic acids is 1. The number of aromatic amines is 1. The van der Waals surface area contributed by atoms with Crippen molar-refractivity contribution in [3.63, 3.8) is 0 Å². The summed E-state index contributed by atoms with van der Waals surface area (Å²) in [6, 6.07) is 20.4. The molecule has 7 heteroatoms. The van der Waals surface area contributed by atoms with Gasteiger partial charge in [-0.2, -0.15) is 4.39 Å². The van der Waals surface area contributed by atoms with Crippen LogP contribution < -0.4 is 10.2 Å². The molecule has 0 saturated carbocycles. The first-order chi connectivity index (χ1) is 16.6. The van der Waals surface area contributed by atoms with E-state index in [9.17, 15) is 9.18 Å². The van der Waals surface area contributed by atoms with Gasteiger partial charge in [-0.25, -0.2) is 4.98 Å². The summed E-state index contributed by atoms with van der Waals surface area (Å²) in [6.45, 7) is 0. The fourth-order valence-electron chi connectivity index (χ4n) is 4.06. The van der Waals surface area contributed by atoms with Gasteiger partial charge in [0, 0.05) is 59.0 Å². The van der Waals surface area contributed by atoms with Crippen molar-refractivity contribution in [3.05, 3.63) is 103 Å². The van der Waals surface area contributed by atoms with Gasteiger partial charge in [-0.1, -0.05) is 18.2 Å². The molecule has 0 aliphatic carbocycles. The molecule has 0 aliphatic rings. The molecule has 3 heterocycles. The number of para-hydroxylation sites is 1. The van der Waals surface area contributed by atoms with Gasteiger partial charge >= 0.3 is 0 Å². The number of H-pyrrole nitrogens is 1. The van der Waals surface area contributed by atoms with Crippen LogP contribution in [0, 0.1) is 5.95 Å². The third-order valence-electron chi connectivity index (χ3n) is 5.75. The highest BCUT2D eigenvalue weighted by Crippen LogP contribution is 2.37. The molecule has 0 radical (unpaired) electrons. The summed E-state index contributed by atoms with van der Waals surface area (Å²) < 4.78 is 14.7. The zero-order chi connectivity index (χ0) is 23.5. The van der Waals surface area contributed by atoms with E-state index in [0.717, 1.165) is 27.8 Å². The molecule has 0 bridgehead atoms. The first kappa shape index (κ1) is 21.3. The van der Waals surface area contributed by atoms with Crippen LogP contribution in [0.3, 0.4) is 0 Å². The maximum atomic E-state index is 14.7. The summed E-state index contributed by atoms with van der Waals surface area (Å²) >= 11 is 0. The molecule has 6 nitrogen and oxygen atoms in total. The second-order valence-corrected chi connectivity index (χ2v) is 7.93. The Morgan fingerprint density at radius 3 is 2.71 bits per heavy atom. The number of carbonyl (C=O) groups is 1. The van der Waals surface area contributed by atoms with Crippen LogP contribution in [0.1, 0.15) is 5.56 Å². The van der Waals surface area contributed by atoms with Crippen molar-refractivity contribution in [2.24, 2.45) is 0 Å². The Bertz CT molecular complexity index is 1460. The number of nitrogens with zero attached hydrogens (tertiary/aromatic N) is 3. The second-order valence-electron chi connectivity index (χ2n) is 7.93. The van der Waals surface area contributed by atoms with E-state index < -0.39 is 5.95 Å². The highest BCUT2D eigenvalue weighted by molar-refractivity contribution is 5.97. The average molecular weight is 452 g/mol. The summed E-state index contributed by atoms with van der Waals surface area (Å²) in [5, 5.41) is 3.97. The van der Waals surface area contributed by atoms with E-state index in [1.165, 1.54) is 6.20 Å². The largest absolute Gasteiger partial charge is 0.361 e. The van der Waals surface area contributed by atoms with Crippen molar-refractivity contribution in [2.75, 3.05) is 17.3 Å². The number of amides is 1. The number of fused-ring (bicyclic) bond motifs is 1. The summed E-state index contributed by atoms with van der Waals surface area (Å²) in [7, 11) is 1.89. The molecule has 2 N–H and O–H groups in total. The average Bonchev–Trinajstić information content (AvgIpc) is 3.27. The highest BCUT2D eigenvalue weighted by Gasteiger charge is 2.17. The molecule has 2 aromatic carbocycles. The number of hydrogen-bond acceptors (Lipinski definition) is 4. The van der Waals surface area contributed by atoms with Crippen molar-refractivity contribution in [1.82, 2.24) is 15.0 Å². The number of halogens is 1.